The van der Waals surface area contributed by atoms with Gasteiger partial charge in [0.25, 0.3) is 0 Å². The third-order valence-corrected chi connectivity index (χ3v) is 4.76. The fraction of sp³-hybridized carbons (Fsp3) is 0.647. The molecule has 0 radical (unpaired) electrons. The molecule has 0 heterocycles. The van der Waals surface area contributed by atoms with Crippen LogP contribution in [-0.2, 0) is 4.74 Å². The summed E-state index contributed by atoms with van der Waals surface area (Å²) in [6, 6.07) is 5.49. The maximum Gasteiger partial charge on any atom is 0.125 e. The summed E-state index contributed by atoms with van der Waals surface area (Å²) in [5.74, 6) is 2.06. The van der Waals surface area contributed by atoms with E-state index in [1.54, 1.807) is 21.3 Å². The van der Waals surface area contributed by atoms with Crippen LogP contribution >= 0.6 is 0 Å². The summed E-state index contributed by atoms with van der Waals surface area (Å²) < 4.78 is 16.4. The number of aliphatic hydroxyl groups is 1. The number of ether oxygens (including phenoxy) is 3. The summed E-state index contributed by atoms with van der Waals surface area (Å²) in [6.07, 6.45) is 3.12. The van der Waals surface area contributed by atoms with Crippen LogP contribution in [-0.4, -0.2) is 32.0 Å². The van der Waals surface area contributed by atoms with Crippen molar-refractivity contribution < 1.29 is 19.3 Å². The van der Waals surface area contributed by atoms with Gasteiger partial charge in [0.1, 0.15) is 17.6 Å². The van der Waals surface area contributed by atoms with Crippen molar-refractivity contribution in [3.8, 4) is 11.5 Å². The quantitative estimate of drug-likeness (QED) is 0.905. The Balaban J connectivity index is 2.34. The molecule has 4 nitrogen and oxygen atoms in total. The molecule has 1 N–H and O–H groups in total. The lowest BCUT2D eigenvalue weighted by Gasteiger charge is -2.42. The molecule has 0 saturated heterocycles. The van der Waals surface area contributed by atoms with Crippen LogP contribution in [0.4, 0.5) is 0 Å². The lowest BCUT2D eigenvalue weighted by atomic mass is 9.74. The molecule has 0 bridgehead atoms. The first-order valence-corrected chi connectivity index (χ1v) is 7.51. The predicted octanol–water partition coefficient (Wildman–Crippen LogP) is 3.33. The molecule has 1 fully saturated rings. The normalized spacial score (nSPS) is 27.2. The zero-order valence-corrected chi connectivity index (χ0v) is 13.4. The van der Waals surface area contributed by atoms with Crippen LogP contribution < -0.4 is 9.47 Å². The lowest BCUT2D eigenvalue weighted by molar-refractivity contribution is -0.131. The van der Waals surface area contributed by atoms with E-state index in [1.807, 2.05) is 18.2 Å². The molecule has 0 aromatic heterocycles. The molecule has 1 aliphatic carbocycles. The van der Waals surface area contributed by atoms with Gasteiger partial charge in [-0.05, 0) is 49.8 Å². The average molecular weight is 294 g/mol. The Morgan fingerprint density at radius 1 is 1.14 bits per heavy atom. The first-order chi connectivity index (χ1) is 10.1. The van der Waals surface area contributed by atoms with E-state index < -0.39 is 11.7 Å². The maximum atomic E-state index is 11.0. The van der Waals surface area contributed by atoms with Crippen LogP contribution in [0.15, 0.2) is 18.2 Å². The molecule has 1 aromatic carbocycles. The van der Waals surface area contributed by atoms with Crippen LogP contribution in [0, 0.1) is 5.92 Å². The molecule has 1 atom stereocenters. The minimum atomic E-state index is -0.722. The smallest absolute Gasteiger partial charge is 0.125 e. The molecule has 1 aliphatic rings. The van der Waals surface area contributed by atoms with E-state index >= 15 is 0 Å². The van der Waals surface area contributed by atoms with Crippen molar-refractivity contribution in [1.82, 2.24) is 0 Å². The van der Waals surface area contributed by atoms with Gasteiger partial charge in [0.15, 0.2) is 0 Å². The van der Waals surface area contributed by atoms with Gasteiger partial charge < -0.3 is 19.3 Å². The Labute approximate surface area is 127 Å². The Kier molecular flexibility index (Phi) is 5.12. The van der Waals surface area contributed by atoms with Crippen molar-refractivity contribution >= 4 is 0 Å². The van der Waals surface area contributed by atoms with Gasteiger partial charge in [0, 0.05) is 12.7 Å². The fourth-order valence-corrected chi connectivity index (χ4v) is 3.18. The highest BCUT2D eigenvalue weighted by molar-refractivity contribution is 5.42. The minimum Gasteiger partial charge on any atom is -0.497 e. The van der Waals surface area contributed by atoms with E-state index in [4.69, 9.17) is 14.2 Å². The first-order valence-electron chi connectivity index (χ1n) is 7.51. The molecular weight excluding hydrogens is 268 g/mol. The van der Waals surface area contributed by atoms with Crippen LogP contribution in [0.5, 0.6) is 11.5 Å². The van der Waals surface area contributed by atoms with Gasteiger partial charge in [-0.3, -0.25) is 0 Å². The van der Waals surface area contributed by atoms with Crippen molar-refractivity contribution in [2.75, 3.05) is 21.3 Å². The maximum absolute atomic E-state index is 11.0. The minimum absolute atomic E-state index is 0.536. The Hall–Kier alpha value is -1.26. The van der Waals surface area contributed by atoms with Crippen LogP contribution in [0.25, 0.3) is 0 Å². The zero-order chi connectivity index (χ0) is 15.5. The zero-order valence-electron chi connectivity index (χ0n) is 13.4. The highest BCUT2D eigenvalue weighted by Gasteiger charge is 2.42. The van der Waals surface area contributed by atoms with Gasteiger partial charge in [-0.25, -0.2) is 0 Å². The molecule has 1 aromatic rings. The second kappa shape index (κ2) is 6.67. The van der Waals surface area contributed by atoms with Gasteiger partial charge in [-0.2, -0.15) is 0 Å². The second-order valence-corrected chi connectivity index (χ2v) is 5.96. The summed E-state index contributed by atoms with van der Waals surface area (Å²) in [7, 11) is 4.92. The largest absolute Gasteiger partial charge is 0.497 e. The number of hydrogen-bond donors (Lipinski definition) is 1. The number of hydrogen-bond acceptors (Lipinski definition) is 4. The van der Waals surface area contributed by atoms with E-state index in [9.17, 15) is 5.11 Å². The van der Waals surface area contributed by atoms with Crippen molar-refractivity contribution in [3.05, 3.63) is 23.8 Å². The first kappa shape index (κ1) is 16.1. The highest BCUT2D eigenvalue weighted by Crippen LogP contribution is 2.45. The predicted molar refractivity (Wildman–Crippen MR) is 81.9 cm³/mol. The van der Waals surface area contributed by atoms with Gasteiger partial charge in [-0.15, -0.1) is 0 Å². The Morgan fingerprint density at radius 3 is 2.33 bits per heavy atom. The molecule has 2 rings (SSSR count). The van der Waals surface area contributed by atoms with Crippen LogP contribution in [0.1, 0.15) is 44.3 Å². The van der Waals surface area contributed by atoms with Gasteiger partial charge in [0.05, 0.1) is 19.8 Å². The standard InChI is InChI=1S/C17H26O4/c1-12-7-9-17(21-4,10-8-12)16(18)14-11-13(19-2)5-6-15(14)20-3/h5-6,11-12,16,18H,7-10H2,1-4H3. The summed E-state index contributed by atoms with van der Waals surface area (Å²) in [5.41, 5.74) is 0.194. The van der Waals surface area contributed by atoms with Crippen molar-refractivity contribution in [2.45, 2.75) is 44.3 Å². The number of methoxy groups -OCH3 is 3. The van der Waals surface area contributed by atoms with Gasteiger partial charge in [0.2, 0.25) is 0 Å². The van der Waals surface area contributed by atoms with Crippen molar-refractivity contribution in [2.24, 2.45) is 5.92 Å². The van der Waals surface area contributed by atoms with E-state index in [-0.39, 0.29) is 0 Å². The van der Waals surface area contributed by atoms with Crippen molar-refractivity contribution in [1.29, 1.82) is 0 Å². The summed E-state index contributed by atoms with van der Waals surface area (Å²) >= 11 is 0. The lowest BCUT2D eigenvalue weighted by Crippen LogP contribution is -2.42. The molecule has 0 amide bonds. The molecule has 0 spiro atoms. The number of rotatable bonds is 5. The Bertz CT molecular complexity index is 464. The third-order valence-electron chi connectivity index (χ3n) is 4.76. The third kappa shape index (κ3) is 3.16. The Morgan fingerprint density at radius 2 is 1.81 bits per heavy atom. The molecule has 4 heteroatoms. The molecule has 118 valence electrons. The van der Waals surface area contributed by atoms with E-state index in [1.165, 1.54) is 0 Å². The molecule has 1 saturated carbocycles. The van der Waals surface area contributed by atoms with Crippen LogP contribution in [0.3, 0.4) is 0 Å². The number of aliphatic hydroxyl groups excluding tert-OH is 1. The number of benzene rings is 1. The average Bonchev–Trinajstić information content (AvgIpc) is 2.54. The summed E-state index contributed by atoms with van der Waals surface area (Å²) in [4.78, 5) is 0. The molecule has 1 unspecified atom stereocenters. The van der Waals surface area contributed by atoms with Crippen LogP contribution in [0.2, 0.25) is 0 Å². The fourth-order valence-electron chi connectivity index (χ4n) is 3.18. The molecule has 0 aliphatic heterocycles. The summed E-state index contributed by atoms with van der Waals surface area (Å²) in [5, 5.41) is 11.0. The molecule has 21 heavy (non-hydrogen) atoms. The highest BCUT2D eigenvalue weighted by atomic mass is 16.5. The SMILES string of the molecule is COc1ccc(OC)c(C(O)C2(OC)CCC(C)CC2)c1. The van der Waals surface area contributed by atoms with E-state index in [0.29, 0.717) is 17.4 Å². The van der Waals surface area contributed by atoms with E-state index in [0.717, 1.165) is 31.2 Å². The second-order valence-electron chi connectivity index (χ2n) is 5.96. The van der Waals surface area contributed by atoms with Gasteiger partial charge >= 0.3 is 0 Å². The summed E-state index contributed by atoms with van der Waals surface area (Å²) in [6.45, 7) is 2.25. The topological polar surface area (TPSA) is 47.9 Å². The van der Waals surface area contributed by atoms with Gasteiger partial charge in [-0.1, -0.05) is 6.92 Å². The van der Waals surface area contributed by atoms with Crippen molar-refractivity contribution in [3.63, 3.8) is 0 Å². The molecular formula is C17H26O4. The van der Waals surface area contributed by atoms with E-state index in [2.05, 4.69) is 6.92 Å². The monoisotopic (exact) mass is 294 g/mol.